The first-order valence-electron chi connectivity index (χ1n) is 5.87. The van der Waals surface area contributed by atoms with Crippen LogP contribution in [-0.4, -0.2) is 16.2 Å². The number of hydrogen-bond donors (Lipinski definition) is 1. The fraction of sp³-hybridized carbons (Fsp3) is 0.214. The Balaban J connectivity index is 2.25. The predicted octanol–water partition coefficient (Wildman–Crippen LogP) is 3.24. The van der Waals surface area contributed by atoms with Crippen molar-refractivity contribution in [1.82, 2.24) is 9.97 Å². The number of nitriles is 1. The molecule has 1 aromatic heterocycles. The molecule has 0 aliphatic heterocycles. The lowest BCUT2D eigenvalue weighted by Gasteiger charge is -2.15. The molecule has 0 radical (unpaired) electrons. The lowest BCUT2D eigenvalue weighted by molar-refractivity contribution is 0.853. The van der Waals surface area contributed by atoms with E-state index in [-0.39, 0.29) is 6.04 Å². The second kappa shape index (κ2) is 6.21. The third-order valence-corrected chi connectivity index (χ3v) is 3.28. The van der Waals surface area contributed by atoms with Gasteiger partial charge in [0.05, 0.1) is 6.20 Å². The van der Waals surface area contributed by atoms with Crippen LogP contribution >= 0.6 is 11.8 Å². The van der Waals surface area contributed by atoms with Crippen LogP contribution in [0.25, 0.3) is 0 Å². The first-order valence-corrected chi connectivity index (χ1v) is 7.09. The Bertz CT molecular complexity index is 592. The molecule has 0 fully saturated rings. The average Bonchev–Trinajstić information content (AvgIpc) is 2.48. The zero-order valence-corrected chi connectivity index (χ0v) is 11.6. The van der Waals surface area contributed by atoms with Crippen LogP contribution in [0.2, 0.25) is 0 Å². The van der Waals surface area contributed by atoms with Crippen LogP contribution in [0, 0.1) is 11.3 Å². The second-order valence-electron chi connectivity index (χ2n) is 4.01. The van der Waals surface area contributed by atoms with E-state index in [1.165, 1.54) is 11.8 Å². The zero-order chi connectivity index (χ0) is 13.7. The highest BCUT2D eigenvalue weighted by atomic mass is 32.2. The van der Waals surface area contributed by atoms with Crippen molar-refractivity contribution in [3.63, 3.8) is 0 Å². The normalized spacial score (nSPS) is 11.6. The maximum atomic E-state index is 9.09. The van der Waals surface area contributed by atoms with E-state index in [1.807, 2.05) is 43.5 Å². The van der Waals surface area contributed by atoms with Gasteiger partial charge in [-0.15, -0.1) is 0 Å². The average molecular weight is 270 g/mol. The summed E-state index contributed by atoms with van der Waals surface area (Å²) in [6, 6.07) is 12.2. The number of benzene rings is 1. The first-order chi connectivity index (χ1) is 9.24. The molecule has 19 heavy (non-hydrogen) atoms. The van der Waals surface area contributed by atoms with Crippen molar-refractivity contribution in [3.05, 3.63) is 47.7 Å². The summed E-state index contributed by atoms with van der Waals surface area (Å²) in [5.41, 5.74) is 1.61. The van der Waals surface area contributed by atoms with Gasteiger partial charge in [0.15, 0.2) is 5.16 Å². The van der Waals surface area contributed by atoms with E-state index in [1.54, 1.807) is 6.20 Å². The molecular weight excluding hydrogens is 256 g/mol. The SMILES string of the molecule is CSc1ncc(C#N)c(N[C@H](C)c2ccccc2)n1. The summed E-state index contributed by atoms with van der Waals surface area (Å²) in [5.74, 6) is 0.582. The van der Waals surface area contributed by atoms with Crippen molar-refractivity contribution in [2.75, 3.05) is 11.6 Å². The van der Waals surface area contributed by atoms with Gasteiger partial charge < -0.3 is 5.32 Å². The van der Waals surface area contributed by atoms with Crippen LogP contribution in [0.5, 0.6) is 0 Å². The summed E-state index contributed by atoms with van der Waals surface area (Å²) >= 11 is 1.45. The minimum atomic E-state index is 0.0814. The molecule has 1 atom stereocenters. The van der Waals surface area contributed by atoms with Gasteiger partial charge in [0.2, 0.25) is 0 Å². The van der Waals surface area contributed by atoms with Crippen molar-refractivity contribution in [1.29, 1.82) is 5.26 Å². The van der Waals surface area contributed by atoms with Crippen molar-refractivity contribution >= 4 is 17.6 Å². The molecule has 0 bridgehead atoms. The number of hydrogen-bond acceptors (Lipinski definition) is 5. The Morgan fingerprint density at radius 3 is 2.68 bits per heavy atom. The largest absolute Gasteiger partial charge is 0.362 e. The van der Waals surface area contributed by atoms with E-state index in [2.05, 4.69) is 21.4 Å². The molecule has 1 heterocycles. The summed E-state index contributed by atoms with van der Waals surface area (Å²) in [6.45, 7) is 2.04. The monoisotopic (exact) mass is 270 g/mol. The Morgan fingerprint density at radius 1 is 1.32 bits per heavy atom. The van der Waals surface area contributed by atoms with Gasteiger partial charge >= 0.3 is 0 Å². The molecule has 0 spiro atoms. The molecule has 2 rings (SSSR count). The molecule has 96 valence electrons. The molecule has 0 amide bonds. The molecule has 0 saturated carbocycles. The van der Waals surface area contributed by atoms with Crippen LogP contribution in [0.4, 0.5) is 5.82 Å². The van der Waals surface area contributed by atoms with Gasteiger partial charge in [0.1, 0.15) is 17.5 Å². The fourth-order valence-electron chi connectivity index (χ4n) is 1.69. The van der Waals surface area contributed by atoms with Crippen LogP contribution in [0.15, 0.2) is 41.7 Å². The Hall–Kier alpha value is -2.06. The van der Waals surface area contributed by atoms with Gasteiger partial charge in [0.25, 0.3) is 0 Å². The summed E-state index contributed by atoms with van der Waals surface area (Å²) in [7, 11) is 0. The molecule has 2 aromatic rings. The van der Waals surface area contributed by atoms with E-state index in [9.17, 15) is 0 Å². The second-order valence-corrected chi connectivity index (χ2v) is 4.78. The third kappa shape index (κ3) is 3.24. The quantitative estimate of drug-likeness (QED) is 0.682. The lowest BCUT2D eigenvalue weighted by atomic mass is 10.1. The van der Waals surface area contributed by atoms with E-state index in [4.69, 9.17) is 5.26 Å². The lowest BCUT2D eigenvalue weighted by Crippen LogP contribution is -2.10. The van der Waals surface area contributed by atoms with Crippen LogP contribution in [-0.2, 0) is 0 Å². The van der Waals surface area contributed by atoms with Gasteiger partial charge in [-0.3, -0.25) is 0 Å². The van der Waals surface area contributed by atoms with E-state index in [0.29, 0.717) is 16.5 Å². The fourth-order valence-corrected chi connectivity index (χ4v) is 2.03. The van der Waals surface area contributed by atoms with E-state index < -0.39 is 0 Å². The number of nitrogens with one attached hydrogen (secondary N) is 1. The first kappa shape index (κ1) is 13.4. The van der Waals surface area contributed by atoms with Gasteiger partial charge in [-0.05, 0) is 18.7 Å². The standard InChI is InChI=1S/C14H14N4S/c1-10(11-6-4-3-5-7-11)17-13-12(8-15)9-16-14(18-13)19-2/h3-7,9-10H,1-2H3,(H,16,17,18)/t10-/m1/s1. The molecule has 0 aliphatic rings. The topological polar surface area (TPSA) is 61.6 Å². The van der Waals surface area contributed by atoms with Crippen molar-refractivity contribution < 1.29 is 0 Å². The van der Waals surface area contributed by atoms with E-state index in [0.717, 1.165) is 5.56 Å². The summed E-state index contributed by atoms with van der Waals surface area (Å²) in [6.07, 6.45) is 3.46. The summed E-state index contributed by atoms with van der Waals surface area (Å²) in [5, 5.41) is 13.0. The van der Waals surface area contributed by atoms with Crippen LogP contribution < -0.4 is 5.32 Å². The third-order valence-electron chi connectivity index (χ3n) is 2.72. The smallest absolute Gasteiger partial charge is 0.189 e. The molecular formula is C14H14N4S. The predicted molar refractivity (Wildman–Crippen MR) is 77.0 cm³/mol. The number of nitrogens with zero attached hydrogens (tertiary/aromatic N) is 3. The van der Waals surface area contributed by atoms with Crippen molar-refractivity contribution in [2.45, 2.75) is 18.1 Å². The molecule has 4 nitrogen and oxygen atoms in total. The van der Waals surface area contributed by atoms with Crippen molar-refractivity contribution in [2.24, 2.45) is 0 Å². The van der Waals surface area contributed by atoms with Gasteiger partial charge in [-0.1, -0.05) is 42.1 Å². The molecule has 0 unspecified atom stereocenters. The number of aromatic nitrogens is 2. The summed E-state index contributed by atoms with van der Waals surface area (Å²) < 4.78 is 0. The Labute approximate surface area is 116 Å². The van der Waals surface area contributed by atoms with E-state index >= 15 is 0 Å². The van der Waals surface area contributed by atoms with Gasteiger partial charge in [0, 0.05) is 6.04 Å². The number of anilines is 1. The molecule has 1 aromatic carbocycles. The zero-order valence-electron chi connectivity index (χ0n) is 10.8. The minimum Gasteiger partial charge on any atom is -0.362 e. The highest BCUT2D eigenvalue weighted by molar-refractivity contribution is 7.98. The van der Waals surface area contributed by atoms with Crippen molar-refractivity contribution in [3.8, 4) is 6.07 Å². The number of thioether (sulfide) groups is 1. The highest BCUT2D eigenvalue weighted by Crippen LogP contribution is 2.21. The molecule has 1 N–H and O–H groups in total. The maximum absolute atomic E-state index is 9.09. The summed E-state index contributed by atoms with van der Waals surface area (Å²) in [4.78, 5) is 8.44. The molecule has 0 aliphatic carbocycles. The molecule has 0 saturated heterocycles. The van der Waals surface area contributed by atoms with Gasteiger partial charge in [-0.2, -0.15) is 5.26 Å². The highest BCUT2D eigenvalue weighted by Gasteiger charge is 2.10. The van der Waals surface area contributed by atoms with Crippen LogP contribution in [0.3, 0.4) is 0 Å². The maximum Gasteiger partial charge on any atom is 0.189 e. The minimum absolute atomic E-state index is 0.0814. The Morgan fingerprint density at radius 2 is 2.05 bits per heavy atom. The molecule has 5 heteroatoms. The van der Waals surface area contributed by atoms with Crippen LogP contribution in [0.1, 0.15) is 24.1 Å². The number of rotatable bonds is 4. The van der Waals surface area contributed by atoms with Gasteiger partial charge in [-0.25, -0.2) is 9.97 Å². The Kier molecular flexibility index (Phi) is 4.37.